The van der Waals surface area contributed by atoms with Crippen molar-refractivity contribution >= 4 is 17.3 Å². The number of hydrogen-bond donors (Lipinski definition) is 0. The minimum absolute atomic E-state index is 0.0708. The Balaban J connectivity index is 1.45. The van der Waals surface area contributed by atoms with Crippen molar-refractivity contribution in [3.63, 3.8) is 0 Å². The van der Waals surface area contributed by atoms with Gasteiger partial charge in [0.25, 0.3) is 11.6 Å². The van der Waals surface area contributed by atoms with Crippen LogP contribution in [0.3, 0.4) is 0 Å². The van der Waals surface area contributed by atoms with Crippen LogP contribution in [0.15, 0.2) is 53.1 Å². The maximum atomic E-state index is 12.4. The zero-order valence-electron chi connectivity index (χ0n) is 15.9. The third-order valence-corrected chi connectivity index (χ3v) is 4.59. The molecule has 1 aromatic heterocycles. The van der Waals surface area contributed by atoms with Gasteiger partial charge in [0.15, 0.2) is 6.61 Å². The molecule has 0 bridgehead atoms. The lowest BCUT2D eigenvalue weighted by Gasteiger charge is -2.28. The fourth-order valence-corrected chi connectivity index (χ4v) is 3.10. The monoisotopic (exact) mass is 410 g/mol. The largest absolute Gasteiger partial charge is 0.452 e. The predicted molar refractivity (Wildman–Crippen MR) is 105 cm³/mol. The minimum Gasteiger partial charge on any atom is -0.452 e. The summed E-state index contributed by atoms with van der Waals surface area (Å²) in [6.45, 7) is 1.85. The smallest absolute Gasteiger partial charge is 0.338 e. The van der Waals surface area contributed by atoms with Crippen LogP contribution in [-0.4, -0.2) is 47.3 Å². The van der Waals surface area contributed by atoms with Gasteiger partial charge in [-0.25, -0.2) is 4.79 Å². The molecule has 2 heterocycles. The van der Waals surface area contributed by atoms with E-state index in [2.05, 4.69) is 10.1 Å². The van der Waals surface area contributed by atoms with Crippen molar-refractivity contribution in [2.75, 3.05) is 31.2 Å². The van der Waals surface area contributed by atoms with E-state index in [4.69, 9.17) is 14.0 Å². The number of benzene rings is 2. The molecule has 10 heteroatoms. The highest BCUT2D eigenvalue weighted by atomic mass is 16.6. The van der Waals surface area contributed by atoms with Crippen LogP contribution in [0.4, 0.5) is 11.4 Å². The number of anilines is 1. The number of carbonyl (C=O) groups is 1. The van der Waals surface area contributed by atoms with E-state index in [1.807, 2.05) is 35.2 Å². The summed E-state index contributed by atoms with van der Waals surface area (Å²) in [4.78, 5) is 29.4. The van der Waals surface area contributed by atoms with Crippen molar-refractivity contribution in [3.05, 3.63) is 70.1 Å². The molecule has 1 saturated heterocycles. The van der Waals surface area contributed by atoms with Gasteiger partial charge in [0.1, 0.15) is 5.69 Å². The van der Waals surface area contributed by atoms with Gasteiger partial charge in [0.2, 0.25) is 5.82 Å². The first-order valence-corrected chi connectivity index (χ1v) is 9.28. The van der Waals surface area contributed by atoms with Crippen molar-refractivity contribution in [3.8, 4) is 11.4 Å². The molecule has 10 nitrogen and oxygen atoms in total. The zero-order valence-corrected chi connectivity index (χ0v) is 15.9. The molecule has 2 aromatic carbocycles. The molecule has 0 amide bonds. The number of ether oxygens (including phenoxy) is 2. The van der Waals surface area contributed by atoms with Gasteiger partial charge in [0.05, 0.1) is 23.7 Å². The highest BCUT2D eigenvalue weighted by molar-refractivity contribution is 5.91. The van der Waals surface area contributed by atoms with Gasteiger partial charge in [-0.1, -0.05) is 35.5 Å². The SMILES string of the molecule is O=C(OCc1nc(-c2ccccc2)no1)c1ccc(N2CCOCC2)c([N+](=O)[O-])c1. The van der Waals surface area contributed by atoms with E-state index in [0.29, 0.717) is 37.8 Å². The first-order chi connectivity index (χ1) is 14.6. The Hall–Kier alpha value is -3.79. The number of aromatic nitrogens is 2. The zero-order chi connectivity index (χ0) is 20.9. The molecule has 3 aromatic rings. The van der Waals surface area contributed by atoms with Crippen LogP contribution in [-0.2, 0) is 16.1 Å². The number of rotatable bonds is 6. The second kappa shape index (κ2) is 8.70. The van der Waals surface area contributed by atoms with E-state index in [0.717, 1.165) is 5.56 Å². The Kier molecular flexibility index (Phi) is 5.66. The van der Waals surface area contributed by atoms with E-state index in [1.54, 1.807) is 6.07 Å². The van der Waals surface area contributed by atoms with Gasteiger partial charge in [-0.2, -0.15) is 4.98 Å². The number of carbonyl (C=O) groups excluding carboxylic acids is 1. The molecule has 4 rings (SSSR count). The van der Waals surface area contributed by atoms with E-state index < -0.39 is 10.9 Å². The van der Waals surface area contributed by atoms with E-state index >= 15 is 0 Å². The third-order valence-electron chi connectivity index (χ3n) is 4.59. The average Bonchev–Trinajstić information content (AvgIpc) is 3.27. The minimum atomic E-state index is -0.717. The fourth-order valence-electron chi connectivity index (χ4n) is 3.10. The molecular formula is C20H18N4O6. The molecule has 1 fully saturated rings. The number of esters is 1. The van der Waals surface area contributed by atoms with E-state index in [9.17, 15) is 14.9 Å². The Morgan fingerprint density at radius 3 is 2.67 bits per heavy atom. The predicted octanol–water partition coefficient (Wildman–Crippen LogP) is 2.84. The normalized spacial score (nSPS) is 13.8. The fraction of sp³-hybridized carbons (Fsp3) is 0.250. The summed E-state index contributed by atoms with van der Waals surface area (Å²) in [7, 11) is 0. The summed E-state index contributed by atoms with van der Waals surface area (Å²) >= 11 is 0. The summed E-state index contributed by atoms with van der Waals surface area (Å²) in [5, 5.41) is 15.4. The number of morpholine rings is 1. The van der Waals surface area contributed by atoms with Crippen molar-refractivity contribution in [1.29, 1.82) is 0 Å². The Morgan fingerprint density at radius 1 is 1.17 bits per heavy atom. The Bertz CT molecular complexity index is 1050. The summed E-state index contributed by atoms with van der Waals surface area (Å²) in [5.74, 6) is -0.208. The molecule has 1 aliphatic rings. The van der Waals surface area contributed by atoms with Crippen LogP contribution < -0.4 is 4.90 Å². The van der Waals surface area contributed by atoms with Gasteiger partial charge in [0, 0.05) is 24.7 Å². The van der Waals surface area contributed by atoms with E-state index in [1.165, 1.54) is 12.1 Å². The van der Waals surface area contributed by atoms with Crippen LogP contribution in [0.1, 0.15) is 16.2 Å². The molecule has 154 valence electrons. The van der Waals surface area contributed by atoms with Crippen LogP contribution >= 0.6 is 0 Å². The number of hydrogen-bond acceptors (Lipinski definition) is 9. The first-order valence-electron chi connectivity index (χ1n) is 9.28. The lowest BCUT2D eigenvalue weighted by Crippen LogP contribution is -2.36. The summed E-state index contributed by atoms with van der Waals surface area (Å²) in [6.07, 6.45) is 0. The van der Waals surface area contributed by atoms with Crippen molar-refractivity contribution in [1.82, 2.24) is 10.1 Å². The third kappa shape index (κ3) is 4.28. The molecule has 0 radical (unpaired) electrons. The van der Waals surface area contributed by atoms with Crippen molar-refractivity contribution < 1.29 is 23.7 Å². The summed E-state index contributed by atoms with van der Waals surface area (Å²) in [6, 6.07) is 13.5. The standard InChI is InChI=1S/C20H18N4O6/c25-20(29-13-18-21-19(22-30-18)14-4-2-1-3-5-14)15-6-7-16(17(12-15)24(26)27)23-8-10-28-11-9-23/h1-7,12H,8-11,13H2. The number of nitrogens with zero attached hydrogens (tertiary/aromatic N) is 4. The van der Waals surface area contributed by atoms with Gasteiger partial charge < -0.3 is 18.9 Å². The molecule has 0 saturated carbocycles. The molecule has 1 aliphatic heterocycles. The van der Waals surface area contributed by atoms with Crippen LogP contribution in [0.2, 0.25) is 0 Å². The van der Waals surface area contributed by atoms with Gasteiger partial charge >= 0.3 is 5.97 Å². The topological polar surface area (TPSA) is 121 Å². The maximum absolute atomic E-state index is 12.4. The highest BCUT2D eigenvalue weighted by Gasteiger charge is 2.24. The van der Waals surface area contributed by atoms with Gasteiger partial charge in [-0.05, 0) is 12.1 Å². The highest BCUT2D eigenvalue weighted by Crippen LogP contribution is 2.30. The molecule has 0 spiro atoms. The second-order valence-corrected chi connectivity index (χ2v) is 6.51. The molecule has 0 unspecified atom stereocenters. The quantitative estimate of drug-likeness (QED) is 0.343. The number of nitro groups is 1. The van der Waals surface area contributed by atoms with E-state index in [-0.39, 0.29) is 23.7 Å². The van der Waals surface area contributed by atoms with Gasteiger partial charge in [-0.3, -0.25) is 10.1 Å². The lowest BCUT2D eigenvalue weighted by atomic mass is 10.1. The Labute approximate surface area is 171 Å². The van der Waals surface area contributed by atoms with Crippen LogP contribution in [0.25, 0.3) is 11.4 Å². The van der Waals surface area contributed by atoms with Crippen LogP contribution in [0, 0.1) is 10.1 Å². The van der Waals surface area contributed by atoms with Crippen molar-refractivity contribution in [2.24, 2.45) is 0 Å². The number of nitro benzene ring substituents is 1. The molecule has 0 N–H and O–H groups in total. The molecule has 0 aliphatic carbocycles. The lowest BCUT2D eigenvalue weighted by molar-refractivity contribution is -0.384. The molecule has 30 heavy (non-hydrogen) atoms. The molecule has 0 atom stereocenters. The van der Waals surface area contributed by atoms with Crippen molar-refractivity contribution in [2.45, 2.75) is 6.61 Å². The molecular weight excluding hydrogens is 392 g/mol. The van der Waals surface area contributed by atoms with Crippen LogP contribution in [0.5, 0.6) is 0 Å². The average molecular weight is 410 g/mol. The summed E-state index contributed by atoms with van der Waals surface area (Å²) in [5.41, 5.74) is 1.13. The summed E-state index contributed by atoms with van der Waals surface area (Å²) < 4.78 is 15.6. The first kappa shape index (κ1) is 19.5. The maximum Gasteiger partial charge on any atom is 0.338 e. The Morgan fingerprint density at radius 2 is 1.93 bits per heavy atom. The van der Waals surface area contributed by atoms with Gasteiger partial charge in [-0.15, -0.1) is 0 Å². The second-order valence-electron chi connectivity index (χ2n) is 6.51.